The molecule has 3 nitrogen and oxygen atoms in total. The van der Waals surface area contributed by atoms with Gasteiger partial charge in [-0.25, -0.2) is 0 Å². The van der Waals surface area contributed by atoms with Gasteiger partial charge in [0.25, 0.3) is 0 Å². The molecule has 0 unspecified atom stereocenters. The Morgan fingerprint density at radius 3 is 2.65 bits per heavy atom. The van der Waals surface area contributed by atoms with Crippen LogP contribution in [0, 0.1) is 5.92 Å². The van der Waals surface area contributed by atoms with Crippen molar-refractivity contribution in [3.8, 4) is 0 Å². The number of nitrogens with zero attached hydrogens (tertiary/aromatic N) is 1. The topological polar surface area (TPSA) is 32.3 Å². The van der Waals surface area contributed by atoms with Crippen LogP contribution in [-0.4, -0.2) is 29.9 Å². The van der Waals surface area contributed by atoms with Crippen molar-refractivity contribution in [2.45, 2.75) is 57.5 Å². The molecule has 1 saturated carbocycles. The van der Waals surface area contributed by atoms with Crippen LogP contribution < -0.4 is 5.32 Å². The highest BCUT2D eigenvalue weighted by Gasteiger charge is 2.29. The average molecular weight is 335 g/mol. The number of hydrogen-bond donors (Lipinski definition) is 1. The monoisotopic (exact) mass is 334 g/mol. The van der Waals surface area contributed by atoms with Crippen LogP contribution in [0.3, 0.4) is 0 Å². The highest BCUT2D eigenvalue weighted by atomic mass is 35.5. The van der Waals surface area contributed by atoms with Crippen molar-refractivity contribution < 1.29 is 4.79 Å². The summed E-state index contributed by atoms with van der Waals surface area (Å²) in [6.07, 6.45) is 7.19. The summed E-state index contributed by atoms with van der Waals surface area (Å²) in [6.45, 7) is 3.77. The molecule has 2 aliphatic rings. The quantitative estimate of drug-likeness (QED) is 0.896. The van der Waals surface area contributed by atoms with Gasteiger partial charge in [-0.05, 0) is 55.8 Å². The van der Waals surface area contributed by atoms with Crippen LogP contribution in [0.5, 0.6) is 0 Å². The molecule has 1 saturated heterocycles. The van der Waals surface area contributed by atoms with Crippen molar-refractivity contribution in [2.75, 3.05) is 13.1 Å². The van der Waals surface area contributed by atoms with Crippen LogP contribution in [0.1, 0.15) is 57.1 Å². The summed E-state index contributed by atoms with van der Waals surface area (Å²) in [7, 11) is 0. The largest absolute Gasteiger partial charge is 0.352 e. The van der Waals surface area contributed by atoms with E-state index in [-0.39, 0.29) is 5.91 Å². The first-order valence-electron chi connectivity index (χ1n) is 8.92. The second-order valence-electron chi connectivity index (χ2n) is 7.12. The molecule has 0 bridgehead atoms. The lowest BCUT2D eigenvalue weighted by molar-refractivity contribution is -0.123. The van der Waals surface area contributed by atoms with Crippen LogP contribution >= 0.6 is 11.6 Å². The fraction of sp³-hybridized carbons (Fsp3) is 0.632. The van der Waals surface area contributed by atoms with E-state index < -0.39 is 0 Å². The van der Waals surface area contributed by atoms with Crippen molar-refractivity contribution in [3.63, 3.8) is 0 Å². The molecule has 0 radical (unpaired) electrons. The molecule has 126 valence electrons. The number of carbonyl (C=O) groups is 1. The van der Waals surface area contributed by atoms with E-state index in [4.69, 9.17) is 11.6 Å². The predicted octanol–water partition coefficient (Wildman–Crippen LogP) is 4.17. The fourth-order valence-corrected chi connectivity index (χ4v) is 4.17. The number of likely N-dealkylation sites (tertiary alicyclic amines) is 1. The Morgan fingerprint density at radius 2 is 1.91 bits per heavy atom. The van der Waals surface area contributed by atoms with Crippen molar-refractivity contribution in [1.82, 2.24) is 10.2 Å². The summed E-state index contributed by atoms with van der Waals surface area (Å²) in [5.41, 5.74) is 1.27. The van der Waals surface area contributed by atoms with Crippen molar-refractivity contribution in [1.29, 1.82) is 0 Å². The van der Waals surface area contributed by atoms with Gasteiger partial charge in [0.2, 0.25) is 5.91 Å². The number of benzene rings is 1. The third-order valence-electron chi connectivity index (χ3n) is 5.42. The lowest BCUT2D eigenvalue weighted by atomic mass is 9.86. The maximum Gasteiger partial charge on any atom is 0.234 e. The minimum absolute atomic E-state index is 0.185. The predicted molar refractivity (Wildman–Crippen MR) is 94.6 cm³/mol. The van der Waals surface area contributed by atoms with Gasteiger partial charge in [-0.3, -0.25) is 9.69 Å². The van der Waals surface area contributed by atoms with Gasteiger partial charge in [0.05, 0.1) is 6.54 Å². The first-order valence-corrected chi connectivity index (χ1v) is 9.30. The van der Waals surface area contributed by atoms with E-state index >= 15 is 0 Å². The number of halogens is 1. The summed E-state index contributed by atoms with van der Waals surface area (Å²) in [5, 5.41) is 4.04. The molecule has 1 amide bonds. The lowest BCUT2D eigenvalue weighted by Crippen LogP contribution is -2.45. The van der Waals surface area contributed by atoms with Crippen molar-refractivity contribution >= 4 is 17.5 Å². The molecule has 1 heterocycles. The highest BCUT2D eigenvalue weighted by Crippen LogP contribution is 2.32. The summed E-state index contributed by atoms with van der Waals surface area (Å²) < 4.78 is 0. The molecule has 0 spiro atoms. The Bertz CT molecular complexity index is 531. The normalized spacial score (nSPS) is 28.7. The van der Waals surface area contributed by atoms with Gasteiger partial charge in [0.1, 0.15) is 0 Å². The minimum atomic E-state index is 0.185. The summed E-state index contributed by atoms with van der Waals surface area (Å²) in [4.78, 5) is 14.8. The number of amides is 1. The van der Waals surface area contributed by atoms with Gasteiger partial charge in [-0.15, -0.1) is 0 Å². The standard InChI is InChI=1S/C19H27ClN2O/c1-14-5-2-3-6-17(14)21-19(23)13-22-12-4-7-18(22)15-8-10-16(20)11-9-15/h8-11,14,17-18H,2-7,12-13H2,1H3,(H,21,23)/t14-,17-,18-/m1/s1. The lowest BCUT2D eigenvalue weighted by Gasteiger charge is -2.31. The Hall–Kier alpha value is -1.06. The number of rotatable bonds is 4. The second kappa shape index (κ2) is 7.67. The van der Waals surface area contributed by atoms with Crippen LogP contribution in [0.15, 0.2) is 24.3 Å². The van der Waals surface area contributed by atoms with Crippen LogP contribution in [0.2, 0.25) is 5.02 Å². The zero-order valence-electron chi connectivity index (χ0n) is 13.9. The van der Waals surface area contributed by atoms with Crippen LogP contribution in [0.4, 0.5) is 0 Å². The van der Waals surface area contributed by atoms with E-state index in [1.807, 2.05) is 12.1 Å². The van der Waals surface area contributed by atoms with E-state index in [1.165, 1.54) is 24.8 Å². The molecule has 3 rings (SSSR count). The molecular formula is C19H27ClN2O. The Morgan fingerprint density at radius 1 is 1.17 bits per heavy atom. The van der Waals surface area contributed by atoms with Crippen molar-refractivity contribution in [3.05, 3.63) is 34.9 Å². The molecular weight excluding hydrogens is 308 g/mol. The molecule has 2 fully saturated rings. The van der Waals surface area contributed by atoms with E-state index in [2.05, 4.69) is 29.3 Å². The van der Waals surface area contributed by atoms with Gasteiger partial charge in [-0.2, -0.15) is 0 Å². The molecule has 23 heavy (non-hydrogen) atoms. The van der Waals surface area contributed by atoms with Gasteiger partial charge in [0.15, 0.2) is 0 Å². The Kier molecular flexibility index (Phi) is 5.60. The highest BCUT2D eigenvalue weighted by molar-refractivity contribution is 6.30. The SMILES string of the molecule is C[C@@H]1CCCC[C@H]1NC(=O)CN1CCC[C@@H]1c1ccc(Cl)cc1. The van der Waals surface area contributed by atoms with Gasteiger partial charge in [-0.1, -0.05) is 43.5 Å². The Balaban J connectivity index is 1.57. The number of carbonyl (C=O) groups excluding carboxylic acids is 1. The van der Waals surface area contributed by atoms with E-state index in [1.54, 1.807) is 0 Å². The zero-order valence-corrected chi connectivity index (χ0v) is 14.7. The van der Waals surface area contributed by atoms with E-state index in [0.717, 1.165) is 30.8 Å². The van der Waals surface area contributed by atoms with Crippen LogP contribution in [0.25, 0.3) is 0 Å². The Labute approximate surface area is 144 Å². The minimum Gasteiger partial charge on any atom is -0.352 e. The van der Waals surface area contributed by atoms with Gasteiger partial charge in [0, 0.05) is 17.1 Å². The third kappa shape index (κ3) is 4.27. The molecule has 1 aliphatic heterocycles. The maximum atomic E-state index is 12.5. The first kappa shape index (κ1) is 16.8. The molecule has 3 atom stereocenters. The van der Waals surface area contributed by atoms with Gasteiger partial charge < -0.3 is 5.32 Å². The van der Waals surface area contributed by atoms with Gasteiger partial charge >= 0.3 is 0 Å². The molecule has 4 heteroatoms. The van der Waals surface area contributed by atoms with Crippen molar-refractivity contribution in [2.24, 2.45) is 5.92 Å². The first-order chi connectivity index (χ1) is 11.1. The molecule has 1 aromatic carbocycles. The summed E-state index contributed by atoms with van der Waals surface area (Å²) in [5.74, 6) is 0.794. The molecule has 1 N–H and O–H groups in total. The molecule has 1 aliphatic carbocycles. The third-order valence-corrected chi connectivity index (χ3v) is 5.67. The fourth-order valence-electron chi connectivity index (χ4n) is 4.05. The molecule has 1 aromatic rings. The van der Waals surface area contributed by atoms with E-state index in [0.29, 0.717) is 24.5 Å². The number of hydrogen-bond acceptors (Lipinski definition) is 2. The summed E-state index contributed by atoms with van der Waals surface area (Å²) >= 11 is 5.98. The van der Waals surface area contributed by atoms with E-state index in [9.17, 15) is 4.79 Å². The smallest absolute Gasteiger partial charge is 0.234 e. The average Bonchev–Trinajstić information content (AvgIpc) is 2.98. The maximum absolute atomic E-state index is 12.5. The summed E-state index contributed by atoms with van der Waals surface area (Å²) in [6, 6.07) is 8.78. The zero-order chi connectivity index (χ0) is 16.2. The van der Waals surface area contributed by atoms with Crippen LogP contribution in [-0.2, 0) is 4.79 Å². The molecule has 0 aromatic heterocycles. The number of nitrogens with one attached hydrogen (secondary N) is 1. The second-order valence-corrected chi connectivity index (χ2v) is 7.55.